The minimum atomic E-state index is -3.75. The van der Waals surface area contributed by atoms with Crippen molar-refractivity contribution in [3.05, 3.63) is 34.2 Å². The van der Waals surface area contributed by atoms with Crippen LogP contribution in [-0.2, 0) is 19.6 Å². The maximum absolute atomic E-state index is 13.5. The lowest BCUT2D eigenvalue weighted by atomic mass is 10.1. The predicted molar refractivity (Wildman–Crippen MR) is 138 cm³/mol. The van der Waals surface area contributed by atoms with Gasteiger partial charge in [-0.25, -0.2) is 18.0 Å². The van der Waals surface area contributed by atoms with Crippen molar-refractivity contribution in [1.82, 2.24) is 5.32 Å². The fraction of sp³-hybridized carbons (Fsp3) is 0.478. The molecule has 0 aliphatic carbocycles. The molecule has 1 aliphatic rings. The van der Waals surface area contributed by atoms with Gasteiger partial charge in [0.1, 0.15) is 5.02 Å². The highest BCUT2D eigenvalue weighted by Crippen LogP contribution is 2.46. The highest BCUT2D eigenvalue weighted by molar-refractivity contribution is 7.92. The number of carbonyl (C=O) groups is 2. The van der Waals surface area contributed by atoms with Gasteiger partial charge in [0.2, 0.25) is 10.0 Å². The number of nitrogens with one attached hydrogen (secondary N) is 1. The van der Waals surface area contributed by atoms with Crippen LogP contribution in [0.4, 0.5) is 5.69 Å². The molecule has 2 heterocycles. The molecule has 0 atom stereocenters. The third kappa shape index (κ3) is 6.88. The van der Waals surface area contributed by atoms with Crippen molar-refractivity contribution >= 4 is 50.6 Å². The van der Waals surface area contributed by atoms with E-state index in [2.05, 4.69) is 5.32 Å². The van der Waals surface area contributed by atoms with Crippen LogP contribution < -0.4 is 14.4 Å². The Hall–Kier alpha value is -2.38. The molecule has 0 bridgehead atoms. The van der Waals surface area contributed by atoms with Crippen LogP contribution in [-0.4, -0.2) is 74.8 Å². The van der Waals surface area contributed by atoms with E-state index in [1.807, 2.05) is 13.8 Å². The number of carboxylic acid groups (broad SMARTS) is 2. The Morgan fingerprint density at radius 3 is 2.56 bits per heavy atom. The van der Waals surface area contributed by atoms with Gasteiger partial charge in [-0.15, -0.1) is 11.3 Å². The molecule has 198 valence electrons. The van der Waals surface area contributed by atoms with Gasteiger partial charge in [-0.2, -0.15) is 0 Å². The van der Waals surface area contributed by atoms with Crippen molar-refractivity contribution in [2.75, 3.05) is 36.4 Å². The number of piperidine rings is 1. The van der Waals surface area contributed by atoms with Gasteiger partial charge >= 0.3 is 11.9 Å². The lowest BCUT2D eigenvalue weighted by Crippen LogP contribution is -2.47. The van der Waals surface area contributed by atoms with Crippen molar-refractivity contribution in [2.45, 2.75) is 38.8 Å². The van der Waals surface area contributed by atoms with Gasteiger partial charge in [-0.3, -0.25) is 4.31 Å². The fourth-order valence-corrected chi connectivity index (χ4v) is 6.90. The number of benzene rings is 1. The number of aliphatic carboxylic acids is 1. The summed E-state index contributed by atoms with van der Waals surface area (Å²) in [6.07, 6.45) is 1.16. The zero-order valence-corrected chi connectivity index (χ0v) is 22.3. The minimum Gasteiger partial charge on any atom is -0.479 e. The van der Waals surface area contributed by atoms with Crippen molar-refractivity contribution in [3.8, 4) is 16.2 Å². The van der Waals surface area contributed by atoms with Crippen LogP contribution in [0.5, 0.6) is 5.75 Å². The Balaban J connectivity index is 2.02. The van der Waals surface area contributed by atoms with Crippen LogP contribution in [0, 0.1) is 0 Å². The van der Waals surface area contributed by atoms with Crippen LogP contribution in [0.15, 0.2) is 24.3 Å². The second-order valence-electron chi connectivity index (χ2n) is 8.45. The van der Waals surface area contributed by atoms with E-state index < -0.39 is 28.6 Å². The van der Waals surface area contributed by atoms with E-state index in [1.54, 1.807) is 24.3 Å². The van der Waals surface area contributed by atoms with E-state index in [1.165, 1.54) is 4.31 Å². The monoisotopic (exact) mass is 560 g/mol. The first kappa shape index (κ1) is 28.2. The van der Waals surface area contributed by atoms with Crippen LogP contribution >= 0.6 is 22.9 Å². The first-order valence-corrected chi connectivity index (χ1v) is 14.2. The quantitative estimate of drug-likeness (QED) is 0.355. The molecule has 10 nitrogen and oxygen atoms in total. The van der Waals surface area contributed by atoms with E-state index >= 15 is 0 Å². The zero-order valence-electron chi connectivity index (χ0n) is 19.9. The number of anilines is 1. The van der Waals surface area contributed by atoms with E-state index in [9.17, 15) is 23.1 Å². The van der Waals surface area contributed by atoms with Crippen LogP contribution in [0.1, 0.15) is 36.4 Å². The van der Waals surface area contributed by atoms with Gasteiger partial charge < -0.3 is 25.0 Å². The molecule has 1 aromatic carbocycles. The predicted octanol–water partition coefficient (Wildman–Crippen LogP) is 3.54. The maximum Gasteiger partial charge on any atom is 0.349 e. The SMILES string of the molecule is CC(C)OCCS(=O)(=O)N(c1cccc(-c2sc(C(=O)O)c(OCC(=O)O)c2Cl)c1)C1CCNCC1. The lowest BCUT2D eigenvalue weighted by molar-refractivity contribution is -0.139. The largest absolute Gasteiger partial charge is 0.479 e. The summed E-state index contributed by atoms with van der Waals surface area (Å²) < 4.78 is 39.0. The van der Waals surface area contributed by atoms with Gasteiger partial charge in [-0.1, -0.05) is 23.7 Å². The van der Waals surface area contributed by atoms with Gasteiger partial charge in [-0.05, 0) is 57.5 Å². The minimum absolute atomic E-state index is 0.0441. The van der Waals surface area contributed by atoms with Gasteiger partial charge in [0.15, 0.2) is 17.2 Å². The molecule has 2 aromatic rings. The second-order valence-corrected chi connectivity index (χ2v) is 11.8. The summed E-state index contributed by atoms with van der Waals surface area (Å²) in [5.41, 5.74) is 0.918. The van der Waals surface area contributed by atoms with Crippen LogP contribution in [0.3, 0.4) is 0 Å². The van der Waals surface area contributed by atoms with Crippen molar-refractivity contribution in [2.24, 2.45) is 0 Å². The number of thiophene rings is 1. The molecule has 0 saturated carbocycles. The number of sulfonamides is 1. The normalized spacial score (nSPS) is 14.7. The molecule has 3 rings (SSSR count). The molecule has 0 radical (unpaired) electrons. The van der Waals surface area contributed by atoms with E-state index in [0.717, 1.165) is 11.3 Å². The topological polar surface area (TPSA) is 142 Å². The van der Waals surface area contributed by atoms with Crippen LogP contribution in [0.25, 0.3) is 10.4 Å². The molecule has 1 aliphatic heterocycles. The first-order valence-electron chi connectivity index (χ1n) is 11.4. The molecule has 13 heteroatoms. The lowest BCUT2D eigenvalue weighted by Gasteiger charge is -2.35. The maximum atomic E-state index is 13.5. The molecule has 3 N–H and O–H groups in total. The van der Waals surface area contributed by atoms with Crippen molar-refractivity contribution < 1.29 is 37.7 Å². The average Bonchev–Trinajstić information content (AvgIpc) is 3.14. The molecule has 1 saturated heterocycles. The van der Waals surface area contributed by atoms with E-state index in [-0.39, 0.29) is 40.2 Å². The van der Waals surface area contributed by atoms with Gasteiger partial charge in [0, 0.05) is 6.04 Å². The number of carboxylic acids is 2. The van der Waals surface area contributed by atoms with Gasteiger partial charge in [0.05, 0.1) is 29.0 Å². The Kier molecular flexibility index (Phi) is 9.59. The summed E-state index contributed by atoms with van der Waals surface area (Å²) in [5.74, 6) is -3.00. The number of halogens is 1. The Morgan fingerprint density at radius 1 is 1.25 bits per heavy atom. The molecule has 1 fully saturated rings. The Bertz CT molecular complexity index is 1190. The zero-order chi connectivity index (χ0) is 26.5. The molecule has 0 unspecified atom stereocenters. The molecule has 36 heavy (non-hydrogen) atoms. The molecular weight excluding hydrogens is 532 g/mol. The molecular formula is C23H29ClN2O8S2. The number of rotatable bonds is 12. The summed E-state index contributed by atoms with van der Waals surface area (Å²) in [4.78, 5) is 22.8. The summed E-state index contributed by atoms with van der Waals surface area (Å²) in [7, 11) is -3.75. The number of hydrogen-bond acceptors (Lipinski definition) is 8. The standard InChI is InChI=1S/C23H29ClN2O8S2/c1-14(2)33-10-11-36(31,32)26(16-6-8-25-9-7-16)17-5-3-4-15(12-17)21-19(24)20(34-13-18(27)28)22(35-21)23(29)30/h3-5,12,14,16,25H,6-11,13H2,1-2H3,(H,27,28)(H,29,30). The number of nitrogens with zero attached hydrogens (tertiary/aromatic N) is 1. The number of aromatic carboxylic acids is 1. The molecule has 0 amide bonds. The highest BCUT2D eigenvalue weighted by atomic mass is 35.5. The Morgan fingerprint density at radius 2 is 1.94 bits per heavy atom. The average molecular weight is 561 g/mol. The molecule has 1 aromatic heterocycles. The second kappa shape index (κ2) is 12.2. The summed E-state index contributed by atoms with van der Waals surface area (Å²) >= 11 is 7.26. The highest BCUT2D eigenvalue weighted by Gasteiger charge is 2.32. The fourth-order valence-electron chi connectivity index (χ4n) is 3.90. The summed E-state index contributed by atoms with van der Waals surface area (Å²) in [6.45, 7) is 4.35. The number of ether oxygens (including phenoxy) is 2. The van der Waals surface area contributed by atoms with Crippen LogP contribution in [0.2, 0.25) is 5.02 Å². The Labute approximate surface area is 218 Å². The van der Waals surface area contributed by atoms with Crippen molar-refractivity contribution in [3.63, 3.8) is 0 Å². The molecule has 0 spiro atoms. The van der Waals surface area contributed by atoms with E-state index in [0.29, 0.717) is 42.1 Å². The van der Waals surface area contributed by atoms with Gasteiger partial charge in [0.25, 0.3) is 0 Å². The smallest absolute Gasteiger partial charge is 0.349 e. The van der Waals surface area contributed by atoms with Crippen molar-refractivity contribution in [1.29, 1.82) is 0 Å². The van der Waals surface area contributed by atoms with E-state index in [4.69, 9.17) is 26.2 Å². The first-order chi connectivity index (χ1) is 17.0. The number of hydrogen-bond donors (Lipinski definition) is 3. The summed E-state index contributed by atoms with van der Waals surface area (Å²) in [6, 6.07) is 6.44. The third-order valence-electron chi connectivity index (χ3n) is 5.44. The third-order valence-corrected chi connectivity index (χ3v) is 8.91. The summed E-state index contributed by atoms with van der Waals surface area (Å²) in [5, 5.41) is 21.7.